The number of sulfonamides is 2. The van der Waals surface area contributed by atoms with Crippen molar-refractivity contribution in [1.29, 1.82) is 0 Å². The van der Waals surface area contributed by atoms with Gasteiger partial charge in [-0.1, -0.05) is 11.6 Å². The lowest BCUT2D eigenvalue weighted by atomic mass is 10.1. The normalized spacial score (nSPS) is 19.5. The standard InChI is InChI=1S/C14H18ClN3O6S2/c1-25(20,21)17-9-2-4-18(5-3-9)26(22,23)13-7-12-11(6-10(13)15)16-14(19)8-24-12/h6-7,9,17H,2-5,8H2,1H3,(H,16,19). The van der Waals surface area contributed by atoms with Crippen molar-refractivity contribution < 1.29 is 26.4 Å². The Bertz CT molecular complexity index is 940. The van der Waals surface area contributed by atoms with Gasteiger partial charge in [0.15, 0.2) is 6.61 Å². The highest BCUT2D eigenvalue weighted by Crippen LogP contribution is 2.37. The first kappa shape index (κ1) is 19.4. The summed E-state index contributed by atoms with van der Waals surface area (Å²) >= 11 is 6.12. The molecular weight excluding hydrogens is 406 g/mol. The van der Waals surface area contributed by atoms with Crippen LogP contribution in [0.25, 0.3) is 0 Å². The van der Waals surface area contributed by atoms with E-state index in [2.05, 4.69) is 10.0 Å². The lowest BCUT2D eigenvalue weighted by Gasteiger charge is -2.31. The summed E-state index contributed by atoms with van der Waals surface area (Å²) in [4.78, 5) is 11.2. The average Bonchev–Trinajstić information content (AvgIpc) is 2.53. The van der Waals surface area contributed by atoms with E-state index in [4.69, 9.17) is 16.3 Å². The van der Waals surface area contributed by atoms with Gasteiger partial charge in [0.05, 0.1) is 17.0 Å². The number of carbonyl (C=O) groups excluding carboxylic acids is 1. The third-order valence-electron chi connectivity index (χ3n) is 4.12. The van der Waals surface area contributed by atoms with E-state index >= 15 is 0 Å². The maximum atomic E-state index is 12.9. The van der Waals surface area contributed by atoms with Crippen molar-refractivity contribution in [2.75, 3.05) is 31.3 Å². The average molecular weight is 424 g/mol. The molecule has 1 saturated heterocycles. The third-order valence-corrected chi connectivity index (χ3v) is 7.24. The summed E-state index contributed by atoms with van der Waals surface area (Å²) in [6.45, 7) is 0.137. The number of halogens is 1. The van der Waals surface area contributed by atoms with Gasteiger partial charge in [0.2, 0.25) is 20.0 Å². The van der Waals surface area contributed by atoms with Crippen molar-refractivity contribution >= 4 is 43.2 Å². The van der Waals surface area contributed by atoms with Crippen molar-refractivity contribution in [1.82, 2.24) is 9.03 Å². The van der Waals surface area contributed by atoms with Gasteiger partial charge in [-0.15, -0.1) is 0 Å². The Kier molecular flexibility index (Phi) is 5.19. The molecule has 1 amide bonds. The van der Waals surface area contributed by atoms with E-state index in [-0.39, 0.29) is 47.3 Å². The number of hydrogen-bond acceptors (Lipinski definition) is 6. The number of carbonyl (C=O) groups is 1. The zero-order chi connectivity index (χ0) is 19.1. The first-order valence-electron chi connectivity index (χ1n) is 7.80. The molecule has 0 radical (unpaired) electrons. The molecule has 9 nitrogen and oxygen atoms in total. The van der Waals surface area contributed by atoms with E-state index in [1.54, 1.807) is 0 Å². The topological polar surface area (TPSA) is 122 Å². The lowest BCUT2D eigenvalue weighted by Crippen LogP contribution is -2.46. The highest BCUT2D eigenvalue weighted by molar-refractivity contribution is 7.89. The molecule has 1 aromatic rings. The van der Waals surface area contributed by atoms with E-state index in [9.17, 15) is 21.6 Å². The first-order valence-corrected chi connectivity index (χ1v) is 11.5. The molecule has 26 heavy (non-hydrogen) atoms. The van der Waals surface area contributed by atoms with Crippen molar-refractivity contribution in [2.24, 2.45) is 0 Å². The van der Waals surface area contributed by atoms with Crippen LogP contribution >= 0.6 is 11.6 Å². The fraction of sp³-hybridized carbons (Fsp3) is 0.500. The van der Waals surface area contributed by atoms with Crippen LogP contribution < -0.4 is 14.8 Å². The van der Waals surface area contributed by atoms with Gasteiger partial charge in [0.1, 0.15) is 10.6 Å². The molecule has 1 fully saturated rings. The van der Waals surface area contributed by atoms with Crippen molar-refractivity contribution in [2.45, 2.75) is 23.8 Å². The summed E-state index contributed by atoms with van der Waals surface area (Å²) in [6, 6.07) is 2.35. The SMILES string of the molecule is CS(=O)(=O)NC1CCN(S(=O)(=O)c2cc3c(cc2Cl)NC(=O)CO3)CC1. The molecule has 144 valence electrons. The van der Waals surface area contributed by atoms with Crippen LogP contribution in [0.15, 0.2) is 17.0 Å². The summed E-state index contributed by atoms with van der Waals surface area (Å²) in [5.74, 6) is -0.106. The summed E-state index contributed by atoms with van der Waals surface area (Å²) in [5, 5.41) is 2.54. The van der Waals surface area contributed by atoms with Crippen LogP contribution in [0.3, 0.4) is 0 Å². The van der Waals surface area contributed by atoms with E-state index in [1.165, 1.54) is 16.4 Å². The summed E-state index contributed by atoms with van der Waals surface area (Å²) < 4.78 is 57.4. The molecule has 12 heteroatoms. The van der Waals surface area contributed by atoms with Crippen LogP contribution in [-0.2, 0) is 24.8 Å². The monoisotopic (exact) mass is 423 g/mol. The van der Waals surface area contributed by atoms with Crippen molar-refractivity contribution in [3.63, 3.8) is 0 Å². The quantitative estimate of drug-likeness (QED) is 0.721. The molecule has 0 aromatic heterocycles. The highest BCUT2D eigenvalue weighted by Gasteiger charge is 2.33. The number of benzene rings is 1. The Morgan fingerprint density at radius 2 is 1.88 bits per heavy atom. The number of amides is 1. The predicted octanol–water partition coefficient (Wildman–Crippen LogP) is 0.373. The maximum absolute atomic E-state index is 12.9. The molecule has 0 atom stereocenters. The Morgan fingerprint density at radius 1 is 1.23 bits per heavy atom. The van der Waals surface area contributed by atoms with Crippen LogP contribution in [0.1, 0.15) is 12.8 Å². The van der Waals surface area contributed by atoms with E-state index in [0.717, 1.165) is 6.26 Å². The van der Waals surface area contributed by atoms with E-state index in [0.29, 0.717) is 18.5 Å². The van der Waals surface area contributed by atoms with Crippen LogP contribution in [0.5, 0.6) is 5.75 Å². The van der Waals surface area contributed by atoms with Gasteiger partial charge in [0.25, 0.3) is 5.91 Å². The fourth-order valence-electron chi connectivity index (χ4n) is 2.93. The second-order valence-corrected chi connectivity index (χ2v) is 10.3. The smallest absolute Gasteiger partial charge is 0.262 e. The molecule has 0 aliphatic carbocycles. The largest absolute Gasteiger partial charge is 0.482 e. The van der Waals surface area contributed by atoms with Crippen LogP contribution in [-0.4, -0.2) is 59.0 Å². The van der Waals surface area contributed by atoms with Gasteiger partial charge >= 0.3 is 0 Å². The summed E-state index contributed by atoms with van der Waals surface area (Å²) in [7, 11) is -7.22. The number of ether oxygens (including phenoxy) is 1. The zero-order valence-corrected chi connectivity index (χ0v) is 16.2. The number of fused-ring (bicyclic) bond motifs is 1. The van der Waals surface area contributed by atoms with Crippen LogP contribution in [0, 0.1) is 0 Å². The minimum Gasteiger partial charge on any atom is -0.482 e. The number of nitrogens with one attached hydrogen (secondary N) is 2. The van der Waals surface area contributed by atoms with Gasteiger partial charge in [0, 0.05) is 25.2 Å². The van der Waals surface area contributed by atoms with Gasteiger partial charge in [-0.2, -0.15) is 4.31 Å². The van der Waals surface area contributed by atoms with E-state index < -0.39 is 20.0 Å². The van der Waals surface area contributed by atoms with E-state index in [1.807, 2.05) is 0 Å². The molecule has 0 spiro atoms. The Balaban J connectivity index is 1.80. The third kappa shape index (κ3) is 4.12. The molecule has 3 rings (SSSR count). The van der Waals surface area contributed by atoms with Crippen LogP contribution in [0.4, 0.5) is 5.69 Å². The fourth-order valence-corrected chi connectivity index (χ4v) is 5.76. The lowest BCUT2D eigenvalue weighted by molar-refractivity contribution is -0.118. The Labute approximate surface area is 156 Å². The number of anilines is 1. The molecule has 2 heterocycles. The Hall–Kier alpha value is -1.40. The molecule has 2 aliphatic heterocycles. The van der Waals surface area contributed by atoms with Crippen LogP contribution in [0.2, 0.25) is 5.02 Å². The zero-order valence-electron chi connectivity index (χ0n) is 13.9. The molecule has 2 N–H and O–H groups in total. The molecule has 0 saturated carbocycles. The van der Waals surface area contributed by atoms with Crippen molar-refractivity contribution in [3.8, 4) is 5.75 Å². The molecule has 1 aromatic carbocycles. The van der Waals surface area contributed by atoms with Gasteiger partial charge in [-0.25, -0.2) is 21.6 Å². The number of hydrogen-bond donors (Lipinski definition) is 2. The number of nitrogens with zero attached hydrogens (tertiary/aromatic N) is 1. The second kappa shape index (κ2) is 6.97. The van der Waals surface area contributed by atoms with Gasteiger partial charge in [-0.05, 0) is 18.9 Å². The summed E-state index contributed by atoms with van der Waals surface area (Å²) in [6.07, 6.45) is 1.80. The Morgan fingerprint density at radius 3 is 2.50 bits per heavy atom. The van der Waals surface area contributed by atoms with Gasteiger partial charge < -0.3 is 10.1 Å². The minimum atomic E-state index is -3.88. The number of rotatable bonds is 4. The predicted molar refractivity (Wildman–Crippen MR) is 95.3 cm³/mol. The molecule has 0 unspecified atom stereocenters. The van der Waals surface area contributed by atoms with Crippen molar-refractivity contribution in [3.05, 3.63) is 17.2 Å². The summed E-state index contributed by atoms with van der Waals surface area (Å²) in [5.41, 5.74) is 0.321. The molecule has 0 bridgehead atoms. The highest BCUT2D eigenvalue weighted by atomic mass is 35.5. The second-order valence-electron chi connectivity index (χ2n) is 6.18. The maximum Gasteiger partial charge on any atom is 0.262 e. The minimum absolute atomic E-state index is 0.0223. The molecular formula is C14H18ClN3O6S2. The first-order chi connectivity index (χ1) is 12.1. The molecule has 2 aliphatic rings. The number of piperidine rings is 1. The van der Waals surface area contributed by atoms with Gasteiger partial charge in [-0.3, -0.25) is 4.79 Å².